The first-order chi connectivity index (χ1) is 0. The Labute approximate surface area is 60.1 Å². The second kappa shape index (κ2) is 58.8. The molecule has 0 aliphatic carbocycles. The van der Waals surface area contributed by atoms with Crippen molar-refractivity contribution in [1.29, 1.82) is 0 Å². The van der Waals surface area contributed by atoms with Gasteiger partial charge in [-0.1, -0.05) is 0 Å². The van der Waals surface area contributed by atoms with E-state index in [1.807, 2.05) is 0 Å². The van der Waals surface area contributed by atoms with Gasteiger partial charge < -0.3 is 5.48 Å². The van der Waals surface area contributed by atoms with Gasteiger partial charge in [-0.05, 0) is 0 Å². The summed E-state index contributed by atoms with van der Waals surface area (Å²) in [5, 5.41) is 0. The Balaban J connectivity index is 0. The van der Waals surface area contributed by atoms with E-state index in [1.165, 1.54) is 0 Å². The molecule has 1 nitrogen and oxygen atoms in total. The summed E-state index contributed by atoms with van der Waals surface area (Å²) >= 11 is 0. The van der Waals surface area contributed by atoms with Gasteiger partial charge in [-0.3, -0.25) is 0 Å². The number of rotatable bonds is 0. The van der Waals surface area contributed by atoms with Crippen LogP contribution in [0, 0.1) is 0 Å². The van der Waals surface area contributed by atoms with Crippen molar-refractivity contribution in [3.05, 3.63) is 0 Å². The molecule has 5 heteroatoms. The molecule has 0 aromatic heterocycles. The van der Waals surface area contributed by atoms with Crippen LogP contribution in [-0.4, -0.2) is 16.8 Å². The molecule has 0 saturated heterocycles. The van der Waals surface area contributed by atoms with E-state index in [4.69, 9.17) is 0 Å². The normalized spacial score (nSPS) is 0. The standard InChI is InChI=1S/2BH3.2Li.O/h2*1H3;;;/q;;2*+1;-2. The summed E-state index contributed by atoms with van der Waals surface area (Å²) in [6.07, 6.45) is 0. The molecule has 0 heterocycles. The molecule has 20 valence electrons. The molecule has 0 bridgehead atoms. The topological polar surface area (TPSA) is 28.5 Å². The predicted octanol–water partition coefficient (Wildman–Crippen LogP) is -8.48. The van der Waals surface area contributed by atoms with Gasteiger partial charge in [0.1, 0.15) is 0 Å². The van der Waals surface area contributed by atoms with E-state index in [2.05, 4.69) is 0 Å². The Morgan fingerprint density at radius 1 is 0.600 bits per heavy atom. The van der Waals surface area contributed by atoms with E-state index in [0.717, 1.165) is 0 Å². The molecular formula is H6B2Li2O. The van der Waals surface area contributed by atoms with Gasteiger partial charge in [0, 0.05) is 0 Å². The summed E-state index contributed by atoms with van der Waals surface area (Å²) in [7, 11) is 0. The molecule has 0 radical (unpaired) electrons. The molecule has 0 aliphatic rings. The maximum absolute atomic E-state index is 0. The molecule has 0 N–H and O–H groups in total. The summed E-state index contributed by atoms with van der Waals surface area (Å²) in [6, 6.07) is 0. The fraction of sp³-hybridized carbons (Fsp3) is 0. The van der Waals surface area contributed by atoms with Crippen LogP contribution < -0.4 is 37.7 Å². The minimum atomic E-state index is 0. The van der Waals surface area contributed by atoms with E-state index >= 15 is 0 Å². The number of hydrogen-bond acceptors (Lipinski definition) is 0. The molecule has 0 rings (SSSR count). The smallest absolute Gasteiger partial charge is 1.00 e. The Hall–Kier alpha value is 1.28. The van der Waals surface area contributed by atoms with Crippen molar-refractivity contribution in [3.63, 3.8) is 0 Å². The second-order valence-electron chi connectivity index (χ2n) is 0. The molecular weight excluding hydrogens is 51.5 g/mol. The largest absolute Gasteiger partial charge is 2.00 e. The fourth-order valence-electron chi connectivity index (χ4n) is 0. The van der Waals surface area contributed by atoms with Gasteiger partial charge in [-0.25, -0.2) is 0 Å². The first kappa shape index (κ1) is 106. The van der Waals surface area contributed by atoms with Crippen molar-refractivity contribution in [2.45, 2.75) is 0 Å². The third kappa shape index (κ3) is 34.5. The fourth-order valence-corrected chi connectivity index (χ4v) is 0. The Bertz CT molecular complexity index is 7.61. The predicted molar refractivity (Wildman–Crippen MR) is 20.6 cm³/mol. The maximum Gasteiger partial charge on any atom is 1.00 e. The summed E-state index contributed by atoms with van der Waals surface area (Å²) in [5.41, 5.74) is 0. The number of hydrogen-bond donors (Lipinski definition) is 0. The van der Waals surface area contributed by atoms with Gasteiger partial charge in [0.25, 0.3) is 0 Å². The van der Waals surface area contributed by atoms with Crippen LogP contribution in [0.25, 0.3) is 0 Å². The van der Waals surface area contributed by atoms with Crippen molar-refractivity contribution in [2.24, 2.45) is 0 Å². The average molecular weight is 57.6 g/mol. The van der Waals surface area contributed by atoms with Crippen molar-refractivity contribution in [1.82, 2.24) is 0 Å². The monoisotopic (exact) mass is 58.1 g/mol. The van der Waals surface area contributed by atoms with Crippen LogP contribution in [0.4, 0.5) is 0 Å². The maximum atomic E-state index is 0. The molecule has 5 heavy (non-hydrogen) atoms. The van der Waals surface area contributed by atoms with Gasteiger partial charge in [0.2, 0.25) is 0 Å². The summed E-state index contributed by atoms with van der Waals surface area (Å²) < 4.78 is 0. The van der Waals surface area contributed by atoms with Gasteiger partial charge in [-0.2, -0.15) is 0 Å². The zero-order chi connectivity index (χ0) is 0. The summed E-state index contributed by atoms with van der Waals surface area (Å²) in [6.45, 7) is 0. The Kier molecular flexibility index (Phi) is 1250. The van der Waals surface area contributed by atoms with Crippen molar-refractivity contribution in [3.8, 4) is 0 Å². The third-order valence-electron chi connectivity index (χ3n) is 0. The molecule has 0 aliphatic heterocycles. The quantitative estimate of drug-likeness (QED) is 0.247. The molecule has 0 saturated carbocycles. The molecule has 0 aromatic rings. The van der Waals surface area contributed by atoms with Crippen molar-refractivity contribution in [2.75, 3.05) is 0 Å². The van der Waals surface area contributed by atoms with E-state index in [-0.39, 0.29) is 60.0 Å². The van der Waals surface area contributed by atoms with Gasteiger partial charge in [0.15, 0.2) is 0 Å². The minimum absolute atomic E-state index is 0. The minimum Gasteiger partial charge on any atom is -2.00 e. The zero-order valence-electron chi connectivity index (χ0n) is 2.41. The third-order valence-corrected chi connectivity index (χ3v) is 0. The first-order valence-corrected chi connectivity index (χ1v) is 0. The van der Waals surface area contributed by atoms with Crippen LogP contribution >= 0.6 is 0 Å². The Morgan fingerprint density at radius 3 is 0.600 bits per heavy atom. The van der Waals surface area contributed by atoms with E-state index in [1.54, 1.807) is 0 Å². The van der Waals surface area contributed by atoms with Crippen LogP contribution in [0.1, 0.15) is 0 Å². The average Bonchev–Trinajstić information content (AvgIpc) is 0. The van der Waals surface area contributed by atoms with Crippen molar-refractivity contribution >= 4 is 16.8 Å². The second-order valence-corrected chi connectivity index (χ2v) is 0. The van der Waals surface area contributed by atoms with Crippen LogP contribution in [0.2, 0.25) is 0 Å². The summed E-state index contributed by atoms with van der Waals surface area (Å²) in [5.74, 6) is 0. The molecule has 0 atom stereocenters. The molecule has 0 unspecified atom stereocenters. The van der Waals surface area contributed by atoms with Crippen molar-refractivity contribution < 1.29 is 43.2 Å². The first-order valence-electron chi connectivity index (χ1n) is 0. The van der Waals surface area contributed by atoms with Gasteiger partial charge >= 0.3 is 37.7 Å². The summed E-state index contributed by atoms with van der Waals surface area (Å²) in [4.78, 5) is 0. The molecule has 0 spiro atoms. The van der Waals surface area contributed by atoms with E-state index in [9.17, 15) is 0 Å². The SMILES string of the molecule is B.B.[Li+].[Li+].[O-2]. The van der Waals surface area contributed by atoms with Crippen LogP contribution in [0.3, 0.4) is 0 Å². The van der Waals surface area contributed by atoms with E-state index in [0.29, 0.717) is 0 Å². The van der Waals surface area contributed by atoms with Gasteiger partial charge in [-0.15, -0.1) is 0 Å². The molecule has 0 aromatic carbocycles. The van der Waals surface area contributed by atoms with E-state index < -0.39 is 0 Å². The van der Waals surface area contributed by atoms with Crippen LogP contribution in [-0.2, 0) is 5.48 Å². The van der Waals surface area contributed by atoms with Crippen LogP contribution in [0.5, 0.6) is 0 Å². The Morgan fingerprint density at radius 2 is 0.600 bits per heavy atom. The molecule has 0 amide bonds. The molecule has 0 fully saturated rings. The zero-order valence-corrected chi connectivity index (χ0v) is 2.41. The van der Waals surface area contributed by atoms with Crippen LogP contribution in [0.15, 0.2) is 0 Å². The van der Waals surface area contributed by atoms with Gasteiger partial charge in [0.05, 0.1) is 16.8 Å².